The van der Waals surface area contributed by atoms with Crippen molar-refractivity contribution in [3.63, 3.8) is 0 Å². The van der Waals surface area contributed by atoms with Crippen molar-refractivity contribution in [2.24, 2.45) is 7.05 Å². The molecule has 0 aliphatic carbocycles. The molecule has 0 radical (unpaired) electrons. The molecule has 1 aromatic carbocycles. The lowest BCUT2D eigenvalue weighted by molar-refractivity contribution is 0.184. The van der Waals surface area contributed by atoms with Gasteiger partial charge < -0.3 is 8.98 Å². The summed E-state index contributed by atoms with van der Waals surface area (Å²) in [5, 5.41) is 16.3. The topological polar surface area (TPSA) is 72.9 Å². The van der Waals surface area contributed by atoms with Gasteiger partial charge in [-0.25, -0.2) is 4.39 Å². The number of nitrogens with zero attached hydrogens (tertiary/aromatic N) is 6. The molecule has 2 aromatic heterocycles. The van der Waals surface area contributed by atoms with Gasteiger partial charge in [-0.2, -0.15) is 0 Å². The monoisotopic (exact) mass is 342 g/mol. The van der Waals surface area contributed by atoms with Crippen LogP contribution in [0.25, 0.3) is 11.5 Å². The van der Waals surface area contributed by atoms with Gasteiger partial charge in [0, 0.05) is 18.5 Å². The Morgan fingerprint density at radius 1 is 1.20 bits per heavy atom. The van der Waals surface area contributed by atoms with Crippen molar-refractivity contribution in [1.82, 2.24) is 29.9 Å². The lowest BCUT2D eigenvalue weighted by Gasteiger charge is -2.30. The van der Waals surface area contributed by atoms with Crippen LogP contribution in [0.15, 0.2) is 35.0 Å². The second kappa shape index (κ2) is 6.72. The molecule has 0 atom stereocenters. The van der Waals surface area contributed by atoms with Crippen molar-refractivity contribution >= 4 is 0 Å². The predicted molar refractivity (Wildman–Crippen MR) is 87.9 cm³/mol. The van der Waals surface area contributed by atoms with Crippen molar-refractivity contribution < 1.29 is 8.81 Å². The Hall–Kier alpha value is -2.61. The molecular weight excluding hydrogens is 323 g/mol. The van der Waals surface area contributed by atoms with Crippen molar-refractivity contribution in [3.8, 4) is 11.5 Å². The first-order valence-electron chi connectivity index (χ1n) is 8.33. The summed E-state index contributed by atoms with van der Waals surface area (Å²) in [5.41, 5.74) is 0.597. The third-order valence-electron chi connectivity index (χ3n) is 4.60. The molecule has 1 saturated heterocycles. The van der Waals surface area contributed by atoms with Gasteiger partial charge in [0.25, 0.3) is 0 Å². The minimum atomic E-state index is -0.317. The quantitative estimate of drug-likeness (QED) is 0.725. The Kier molecular flexibility index (Phi) is 4.27. The van der Waals surface area contributed by atoms with Crippen molar-refractivity contribution in [2.45, 2.75) is 25.3 Å². The standard InChI is InChI=1S/C17H19FN6O/c1-23-11-19-21-16(23)12-5-7-24(8-6-12)10-15-20-22-17(25-15)13-3-2-4-14(18)9-13/h2-4,9,11-12H,5-8,10H2,1H3. The van der Waals surface area contributed by atoms with E-state index in [1.165, 1.54) is 12.1 Å². The summed E-state index contributed by atoms with van der Waals surface area (Å²) in [6.07, 6.45) is 3.79. The van der Waals surface area contributed by atoms with Gasteiger partial charge in [-0.1, -0.05) is 6.07 Å². The van der Waals surface area contributed by atoms with Crippen LogP contribution in [0.3, 0.4) is 0 Å². The summed E-state index contributed by atoms with van der Waals surface area (Å²) < 4.78 is 21.0. The van der Waals surface area contributed by atoms with Crippen molar-refractivity contribution in [2.75, 3.05) is 13.1 Å². The smallest absolute Gasteiger partial charge is 0.247 e. The van der Waals surface area contributed by atoms with Gasteiger partial charge in [0.1, 0.15) is 18.0 Å². The van der Waals surface area contributed by atoms with Crippen LogP contribution in [0.4, 0.5) is 4.39 Å². The number of halogens is 1. The third kappa shape index (κ3) is 3.43. The maximum Gasteiger partial charge on any atom is 0.247 e. The average molecular weight is 342 g/mol. The molecule has 1 aliphatic rings. The van der Waals surface area contributed by atoms with Gasteiger partial charge in [0.15, 0.2) is 0 Å². The van der Waals surface area contributed by atoms with Crippen LogP contribution in [0.5, 0.6) is 0 Å². The fourth-order valence-corrected chi connectivity index (χ4v) is 3.26. The van der Waals surface area contributed by atoms with E-state index in [1.54, 1.807) is 18.5 Å². The highest BCUT2D eigenvalue weighted by Gasteiger charge is 2.25. The number of hydrogen-bond acceptors (Lipinski definition) is 6. The maximum absolute atomic E-state index is 13.3. The van der Waals surface area contributed by atoms with E-state index in [0.717, 1.165) is 31.8 Å². The molecule has 0 unspecified atom stereocenters. The Bertz CT molecular complexity index is 852. The van der Waals surface area contributed by atoms with Crippen LogP contribution in [-0.4, -0.2) is 43.0 Å². The molecule has 0 bridgehead atoms. The first kappa shape index (κ1) is 15.9. The SMILES string of the molecule is Cn1cnnc1C1CCN(Cc2nnc(-c3cccc(F)c3)o2)CC1. The van der Waals surface area contributed by atoms with Gasteiger partial charge >= 0.3 is 0 Å². The Morgan fingerprint density at radius 3 is 2.76 bits per heavy atom. The van der Waals surface area contributed by atoms with E-state index in [-0.39, 0.29) is 5.82 Å². The summed E-state index contributed by atoms with van der Waals surface area (Å²) in [6, 6.07) is 6.17. The Labute approximate surface area is 144 Å². The van der Waals surface area contributed by atoms with Crippen LogP contribution in [0.2, 0.25) is 0 Å². The highest BCUT2D eigenvalue weighted by molar-refractivity contribution is 5.52. The van der Waals surface area contributed by atoms with E-state index in [2.05, 4.69) is 25.3 Å². The summed E-state index contributed by atoms with van der Waals surface area (Å²) >= 11 is 0. The maximum atomic E-state index is 13.3. The fourth-order valence-electron chi connectivity index (χ4n) is 3.26. The lowest BCUT2D eigenvalue weighted by atomic mass is 9.96. The van der Waals surface area contributed by atoms with Gasteiger partial charge in [-0.3, -0.25) is 4.90 Å². The second-order valence-corrected chi connectivity index (χ2v) is 6.36. The predicted octanol–water partition coefficient (Wildman–Crippen LogP) is 2.38. The zero-order chi connectivity index (χ0) is 17.2. The van der Waals surface area contributed by atoms with E-state index in [0.29, 0.717) is 29.8 Å². The van der Waals surface area contributed by atoms with E-state index in [1.807, 2.05) is 11.6 Å². The van der Waals surface area contributed by atoms with Gasteiger partial charge in [0.05, 0.1) is 6.54 Å². The number of benzene rings is 1. The zero-order valence-electron chi connectivity index (χ0n) is 14.0. The number of likely N-dealkylation sites (tertiary alicyclic amines) is 1. The number of rotatable bonds is 4. The van der Waals surface area contributed by atoms with E-state index in [4.69, 9.17) is 4.42 Å². The van der Waals surface area contributed by atoms with Crippen molar-refractivity contribution in [3.05, 3.63) is 48.1 Å². The fraction of sp³-hybridized carbons (Fsp3) is 0.412. The van der Waals surface area contributed by atoms with Crippen LogP contribution in [-0.2, 0) is 13.6 Å². The van der Waals surface area contributed by atoms with Gasteiger partial charge in [0.2, 0.25) is 11.8 Å². The lowest BCUT2D eigenvalue weighted by Crippen LogP contribution is -2.33. The minimum Gasteiger partial charge on any atom is -0.419 e. The summed E-state index contributed by atoms with van der Waals surface area (Å²) in [7, 11) is 1.98. The molecule has 0 N–H and O–H groups in total. The Balaban J connectivity index is 1.37. The number of aryl methyl sites for hydroxylation is 1. The van der Waals surface area contributed by atoms with Crippen LogP contribution in [0, 0.1) is 5.82 Å². The van der Waals surface area contributed by atoms with E-state index >= 15 is 0 Å². The molecule has 4 rings (SSSR count). The average Bonchev–Trinajstić information content (AvgIpc) is 3.25. The molecule has 1 aliphatic heterocycles. The molecular formula is C17H19FN6O. The van der Waals surface area contributed by atoms with Gasteiger partial charge in [-0.15, -0.1) is 20.4 Å². The second-order valence-electron chi connectivity index (χ2n) is 6.36. The van der Waals surface area contributed by atoms with Gasteiger partial charge in [-0.05, 0) is 44.1 Å². The van der Waals surface area contributed by atoms with Crippen LogP contribution >= 0.6 is 0 Å². The number of hydrogen-bond donors (Lipinski definition) is 0. The molecule has 7 nitrogen and oxygen atoms in total. The Morgan fingerprint density at radius 2 is 2.04 bits per heavy atom. The first-order valence-corrected chi connectivity index (χ1v) is 8.33. The molecule has 3 heterocycles. The number of aromatic nitrogens is 5. The molecule has 25 heavy (non-hydrogen) atoms. The largest absolute Gasteiger partial charge is 0.419 e. The van der Waals surface area contributed by atoms with Crippen LogP contribution in [0.1, 0.15) is 30.5 Å². The molecule has 0 saturated carbocycles. The summed E-state index contributed by atoms with van der Waals surface area (Å²) in [5.74, 6) is 2.07. The zero-order valence-corrected chi connectivity index (χ0v) is 14.0. The van der Waals surface area contributed by atoms with E-state index in [9.17, 15) is 4.39 Å². The van der Waals surface area contributed by atoms with E-state index < -0.39 is 0 Å². The molecule has 130 valence electrons. The van der Waals surface area contributed by atoms with Crippen LogP contribution < -0.4 is 0 Å². The summed E-state index contributed by atoms with van der Waals surface area (Å²) in [6.45, 7) is 2.48. The third-order valence-corrected chi connectivity index (χ3v) is 4.60. The number of piperidine rings is 1. The molecule has 0 amide bonds. The molecule has 1 fully saturated rings. The molecule has 3 aromatic rings. The highest BCUT2D eigenvalue weighted by Crippen LogP contribution is 2.27. The normalized spacial score (nSPS) is 16.4. The van der Waals surface area contributed by atoms with Crippen molar-refractivity contribution in [1.29, 1.82) is 0 Å². The highest BCUT2D eigenvalue weighted by atomic mass is 19.1. The first-order chi connectivity index (χ1) is 12.2. The minimum absolute atomic E-state index is 0.317. The molecule has 0 spiro atoms. The summed E-state index contributed by atoms with van der Waals surface area (Å²) in [4.78, 5) is 2.29. The molecule has 8 heteroatoms.